The van der Waals surface area contributed by atoms with Crippen LogP contribution in [-0.2, 0) is 24.5 Å². The molecule has 2 amide bonds. The molecule has 36 heavy (non-hydrogen) atoms. The molecular weight excluding hydrogens is 484 g/mol. The minimum atomic E-state index is -1.55. The van der Waals surface area contributed by atoms with Gasteiger partial charge in [0.15, 0.2) is 11.5 Å². The second-order valence-corrected chi connectivity index (χ2v) is 8.60. The lowest BCUT2D eigenvalue weighted by Gasteiger charge is -2.10. The minimum Gasteiger partial charge on any atom is -0.501 e. The fourth-order valence-electron chi connectivity index (χ4n) is 3.35. The van der Waals surface area contributed by atoms with E-state index in [1.807, 2.05) is 54.6 Å². The third-order valence-electron chi connectivity index (χ3n) is 5.05. The molecule has 4 aromatic rings. The number of thiophene rings is 1. The lowest BCUT2D eigenvalue weighted by Crippen LogP contribution is -2.28. The Morgan fingerprint density at radius 1 is 1.00 bits per heavy atom. The molecule has 184 valence electrons. The summed E-state index contributed by atoms with van der Waals surface area (Å²) >= 11 is 1.14. The number of carbonyl (C=O) groups excluding carboxylic acids is 1. The van der Waals surface area contributed by atoms with Gasteiger partial charge in [-0.1, -0.05) is 54.6 Å². The number of amides is 2. The molecule has 0 aliphatic carbocycles. The summed E-state index contributed by atoms with van der Waals surface area (Å²) in [6.45, 7) is 1.20. The second-order valence-electron chi connectivity index (χ2n) is 7.69. The number of rotatable bonds is 9. The molecule has 5 N–H and O–H groups in total. The van der Waals surface area contributed by atoms with Crippen LogP contribution in [0.25, 0.3) is 10.7 Å². The molecule has 2 heterocycles. The van der Waals surface area contributed by atoms with Crippen LogP contribution in [0.15, 0.2) is 70.8 Å². The summed E-state index contributed by atoms with van der Waals surface area (Å²) in [5.74, 6) is -2.61. The maximum absolute atomic E-state index is 12.5. The van der Waals surface area contributed by atoms with Crippen LogP contribution < -0.4 is 16.2 Å². The van der Waals surface area contributed by atoms with Gasteiger partial charge in [0, 0.05) is 6.54 Å². The van der Waals surface area contributed by atoms with Crippen LogP contribution in [0.3, 0.4) is 0 Å². The smallest absolute Gasteiger partial charge is 0.358 e. The number of nitrogens with zero attached hydrogens (tertiary/aromatic N) is 1. The first-order chi connectivity index (χ1) is 17.4. The third-order valence-corrected chi connectivity index (χ3v) is 5.97. The molecule has 0 unspecified atom stereocenters. The third kappa shape index (κ3) is 6.14. The summed E-state index contributed by atoms with van der Waals surface area (Å²) in [7, 11) is 0. The van der Waals surface area contributed by atoms with Crippen LogP contribution in [0.4, 0.5) is 10.5 Å². The standard InChI is InChI=1S/C25H22N4O6S/c30-20-19(24(32)33)28-22(29-23(20)31)21-18(9-10-36-21)27-25(34)26-12-16-7-4-8-17(11-16)14-35-13-15-5-2-1-3-6-15/h1-11,30H,12-14H2,(H,32,33)(H2,26,27,34)(H,28,29,31). The molecule has 4 rings (SSSR count). The van der Waals surface area contributed by atoms with Gasteiger partial charge in [-0.2, -0.15) is 0 Å². The fourth-order valence-corrected chi connectivity index (χ4v) is 4.15. The SMILES string of the molecule is O=C(NCc1cccc(COCc2ccccc2)c1)Nc1ccsc1-c1nc(C(=O)O)c(O)c(=O)[nH]1. The Morgan fingerprint density at radius 2 is 1.72 bits per heavy atom. The van der Waals surface area contributed by atoms with Gasteiger partial charge in [0.05, 0.1) is 23.8 Å². The van der Waals surface area contributed by atoms with Gasteiger partial charge >= 0.3 is 12.0 Å². The van der Waals surface area contributed by atoms with Crippen molar-refractivity contribution in [2.45, 2.75) is 19.8 Å². The van der Waals surface area contributed by atoms with Crippen LogP contribution in [0.2, 0.25) is 0 Å². The van der Waals surface area contributed by atoms with E-state index in [0.29, 0.717) is 23.8 Å². The van der Waals surface area contributed by atoms with Gasteiger partial charge in [-0.25, -0.2) is 14.6 Å². The van der Waals surface area contributed by atoms with Crippen molar-refractivity contribution in [2.24, 2.45) is 0 Å². The highest BCUT2D eigenvalue weighted by molar-refractivity contribution is 7.14. The number of aromatic nitrogens is 2. The quantitative estimate of drug-likeness (QED) is 0.230. The van der Waals surface area contributed by atoms with Gasteiger partial charge in [0.1, 0.15) is 0 Å². The Morgan fingerprint density at radius 3 is 2.50 bits per heavy atom. The summed E-state index contributed by atoms with van der Waals surface area (Å²) in [5.41, 5.74) is 1.50. The van der Waals surface area contributed by atoms with Gasteiger partial charge in [-0.3, -0.25) is 4.79 Å². The van der Waals surface area contributed by atoms with E-state index >= 15 is 0 Å². The van der Waals surface area contributed by atoms with Crippen molar-refractivity contribution in [3.63, 3.8) is 0 Å². The van der Waals surface area contributed by atoms with E-state index in [1.165, 1.54) is 0 Å². The lowest BCUT2D eigenvalue weighted by molar-refractivity contribution is 0.0686. The number of carboxylic acid groups (broad SMARTS) is 1. The highest BCUT2D eigenvalue weighted by atomic mass is 32.1. The van der Waals surface area contributed by atoms with Crippen LogP contribution in [0, 0.1) is 0 Å². The number of anilines is 1. The predicted molar refractivity (Wildman–Crippen MR) is 134 cm³/mol. The Bertz CT molecular complexity index is 1430. The van der Waals surface area contributed by atoms with Crippen molar-refractivity contribution >= 4 is 29.0 Å². The highest BCUT2D eigenvalue weighted by Gasteiger charge is 2.20. The average molecular weight is 507 g/mol. The number of aromatic carboxylic acids is 1. The molecule has 0 spiro atoms. The lowest BCUT2D eigenvalue weighted by atomic mass is 10.1. The summed E-state index contributed by atoms with van der Waals surface area (Å²) in [6, 6.07) is 18.6. The Balaban J connectivity index is 1.35. The Hall–Kier alpha value is -4.48. The number of H-pyrrole nitrogens is 1. The topological polar surface area (TPSA) is 154 Å². The number of urea groups is 1. The van der Waals surface area contributed by atoms with Crippen molar-refractivity contribution in [1.29, 1.82) is 0 Å². The predicted octanol–water partition coefficient (Wildman–Crippen LogP) is 3.94. The van der Waals surface area contributed by atoms with E-state index in [4.69, 9.17) is 9.84 Å². The summed E-state index contributed by atoms with van der Waals surface area (Å²) in [6.07, 6.45) is 0. The first-order valence-electron chi connectivity index (χ1n) is 10.8. The highest BCUT2D eigenvalue weighted by Crippen LogP contribution is 2.31. The van der Waals surface area contributed by atoms with E-state index in [-0.39, 0.29) is 12.4 Å². The van der Waals surface area contributed by atoms with Crippen LogP contribution in [0.5, 0.6) is 5.75 Å². The van der Waals surface area contributed by atoms with Crippen LogP contribution in [0.1, 0.15) is 27.2 Å². The first-order valence-corrected chi connectivity index (χ1v) is 11.7. The number of ether oxygens (including phenoxy) is 1. The van der Waals surface area contributed by atoms with Crippen LogP contribution in [-0.4, -0.2) is 32.2 Å². The number of carboxylic acids is 1. The number of carbonyl (C=O) groups is 2. The van der Waals surface area contributed by atoms with E-state index in [9.17, 15) is 19.5 Å². The van der Waals surface area contributed by atoms with Gasteiger partial charge < -0.3 is 30.6 Å². The number of hydrogen-bond acceptors (Lipinski definition) is 7. The summed E-state index contributed by atoms with van der Waals surface area (Å²) < 4.78 is 5.77. The Labute approximate surface area is 209 Å². The van der Waals surface area contributed by atoms with Crippen molar-refractivity contribution in [1.82, 2.24) is 15.3 Å². The average Bonchev–Trinajstić information content (AvgIpc) is 3.33. The summed E-state index contributed by atoms with van der Waals surface area (Å²) in [4.78, 5) is 42.2. The number of aromatic hydroxyl groups is 1. The zero-order chi connectivity index (χ0) is 25.5. The molecule has 0 atom stereocenters. The van der Waals surface area contributed by atoms with Crippen molar-refractivity contribution in [3.05, 3.63) is 98.8 Å². The largest absolute Gasteiger partial charge is 0.501 e. The van der Waals surface area contributed by atoms with Gasteiger partial charge in [0.2, 0.25) is 5.75 Å². The summed E-state index contributed by atoms with van der Waals surface area (Å²) in [5, 5.41) is 25.9. The molecule has 10 nitrogen and oxygen atoms in total. The molecular formula is C25H22N4O6S. The molecule has 0 saturated carbocycles. The number of benzene rings is 2. The van der Waals surface area contributed by atoms with E-state index in [0.717, 1.165) is 28.0 Å². The maximum Gasteiger partial charge on any atom is 0.358 e. The van der Waals surface area contributed by atoms with E-state index < -0.39 is 29.0 Å². The molecule has 11 heteroatoms. The van der Waals surface area contributed by atoms with E-state index in [2.05, 4.69) is 20.6 Å². The zero-order valence-electron chi connectivity index (χ0n) is 18.9. The molecule has 0 aliphatic heterocycles. The minimum absolute atomic E-state index is 0.0799. The van der Waals surface area contributed by atoms with Crippen molar-refractivity contribution < 1.29 is 24.5 Å². The van der Waals surface area contributed by atoms with Crippen molar-refractivity contribution in [3.8, 4) is 16.5 Å². The van der Waals surface area contributed by atoms with Crippen molar-refractivity contribution in [2.75, 3.05) is 5.32 Å². The normalized spacial score (nSPS) is 10.7. The molecule has 0 saturated heterocycles. The zero-order valence-corrected chi connectivity index (χ0v) is 19.7. The molecule has 0 radical (unpaired) electrons. The van der Waals surface area contributed by atoms with Gasteiger partial charge in [-0.05, 0) is 28.1 Å². The Kier molecular flexibility index (Phi) is 7.73. The number of aromatic amines is 1. The number of nitrogens with one attached hydrogen (secondary N) is 3. The molecule has 2 aromatic heterocycles. The van der Waals surface area contributed by atoms with Gasteiger partial charge in [0.25, 0.3) is 5.56 Å². The molecule has 2 aromatic carbocycles. The van der Waals surface area contributed by atoms with Gasteiger partial charge in [-0.15, -0.1) is 11.3 Å². The van der Waals surface area contributed by atoms with E-state index in [1.54, 1.807) is 11.4 Å². The monoisotopic (exact) mass is 506 g/mol. The number of hydrogen-bond donors (Lipinski definition) is 5. The molecule has 0 fully saturated rings. The second kappa shape index (κ2) is 11.3. The molecule has 0 aliphatic rings. The fraction of sp³-hybridized carbons (Fsp3) is 0.120. The maximum atomic E-state index is 12.5. The first kappa shape index (κ1) is 24.6. The van der Waals surface area contributed by atoms with Crippen LogP contribution >= 0.6 is 11.3 Å². The molecule has 0 bridgehead atoms.